The second kappa shape index (κ2) is 5.13. The Labute approximate surface area is 116 Å². The summed E-state index contributed by atoms with van der Waals surface area (Å²) in [4.78, 5) is 17.5. The van der Waals surface area contributed by atoms with Gasteiger partial charge in [0.1, 0.15) is 0 Å². The number of amides is 1. The van der Waals surface area contributed by atoms with Gasteiger partial charge in [-0.05, 0) is 12.0 Å². The molecule has 0 spiro atoms. The number of carbonyl (C=O) groups excluding carboxylic acids is 1. The van der Waals surface area contributed by atoms with Gasteiger partial charge in [0.2, 0.25) is 5.91 Å². The van der Waals surface area contributed by atoms with Gasteiger partial charge in [0.15, 0.2) is 5.13 Å². The van der Waals surface area contributed by atoms with Crippen LogP contribution >= 0.6 is 11.3 Å². The number of rotatable bonds is 4. The SMILES string of the molecule is CCCCC(=O)Nc1nc2c(s1)Cc1ccccc1-2. The number of benzene rings is 1. The minimum Gasteiger partial charge on any atom is -0.302 e. The number of anilines is 1. The standard InChI is InChI=1S/C15H16N2OS/c1-2-3-8-13(18)16-15-17-14-11-7-5-4-6-10(11)9-12(14)19-15/h4-7H,2-3,8-9H2,1H3,(H,16,17,18). The van der Waals surface area contributed by atoms with E-state index in [9.17, 15) is 4.79 Å². The van der Waals surface area contributed by atoms with Gasteiger partial charge in [-0.25, -0.2) is 4.98 Å². The predicted octanol–water partition coefficient (Wildman–Crippen LogP) is 3.84. The molecule has 0 saturated carbocycles. The maximum absolute atomic E-state index is 11.7. The van der Waals surface area contributed by atoms with Crippen molar-refractivity contribution < 1.29 is 4.79 Å². The molecule has 1 heterocycles. The minimum atomic E-state index is 0.0718. The first-order valence-corrected chi connectivity index (χ1v) is 7.47. The lowest BCUT2D eigenvalue weighted by atomic mass is 10.1. The number of fused-ring (bicyclic) bond motifs is 3. The molecule has 1 amide bonds. The van der Waals surface area contributed by atoms with E-state index < -0.39 is 0 Å². The Bertz CT molecular complexity index is 618. The molecule has 98 valence electrons. The number of aromatic nitrogens is 1. The number of nitrogens with zero attached hydrogens (tertiary/aromatic N) is 1. The Morgan fingerprint density at radius 1 is 1.42 bits per heavy atom. The molecule has 0 saturated heterocycles. The average Bonchev–Trinajstić information content (AvgIpc) is 2.93. The van der Waals surface area contributed by atoms with E-state index in [-0.39, 0.29) is 5.91 Å². The highest BCUT2D eigenvalue weighted by Gasteiger charge is 2.23. The van der Waals surface area contributed by atoms with Crippen LogP contribution < -0.4 is 5.32 Å². The van der Waals surface area contributed by atoms with Gasteiger partial charge >= 0.3 is 0 Å². The molecule has 0 aliphatic heterocycles. The summed E-state index contributed by atoms with van der Waals surface area (Å²) >= 11 is 1.60. The zero-order valence-electron chi connectivity index (χ0n) is 10.9. The Kier molecular flexibility index (Phi) is 3.34. The third-order valence-electron chi connectivity index (χ3n) is 3.32. The van der Waals surface area contributed by atoms with Gasteiger partial charge in [-0.15, -0.1) is 11.3 Å². The minimum absolute atomic E-state index is 0.0718. The van der Waals surface area contributed by atoms with Crippen molar-refractivity contribution in [1.29, 1.82) is 0 Å². The summed E-state index contributed by atoms with van der Waals surface area (Å²) in [5, 5.41) is 3.64. The van der Waals surface area contributed by atoms with Crippen molar-refractivity contribution in [3.63, 3.8) is 0 Å². The number of nitrogens with one attached hydrogen (secondary N) is 1. The van der Waals surface area contributed by atoms with Crippen LogP contribution in [0.2, 0.25) is 0 Å². The fourth-order valence-corrected chi connectivity index (χ4v) is 3.35. The molecule has 19 heavy (non-hydrogen) atoms. The average molecular weight is 272 g/mol. The fraction of sp³-hybridized carbons (Fsp3) is 0.333. The Balaban J connectivity index is 1.77. The molecule has 3 nitrogen and oxygen atoms in total. The second-order valence-electron chi connectivity index (χ2n) is 4.78. The molecule has 0 atom stereocenters. The molecule has 0 fully saturated rings. The van der Waals surface area contributed by atoms with E-state index in [0.717, 1.165) is 30.1 Å². The van der Waals surface area contributed by atoms with Crippen LogP contribution in [0, 0.1) is 0 Å². The van der Waals surface area contributed by atoms with Crippen LogP contribution in [-0.4, -0.2) is 10.9 Å². The van der Waals surface area contributed by atoms with Gasteiger partial charge in [0.25, 0.3) is 0 Å². The molecule has 1 aromatic heterocycles. The summed E-state index contributed by atoms with van der Waals surface area (Å²) in [5.41, 5.74) is 3.59. The maximum Gasteiger partial charge on any atom is 0.226 e. The summed E-state index contributed by atoms with van der Waals surface area (Å²) in [7, 11) is 0. The van der Waals surface area contributed by atoms with Gasteiger partial charge in [0.05, 0.1) is 5.69 Å². The van der Waals surface area contributed by atoms with E-state index in [1.165, 1.54) is 16.0 Å². The molecule has 0 radical (unpaired) electrons. The monoisotopic (exact) mass is 272 g/mol. The topological polar surface area (TPSA) is 42.0 Å². The van der Waals surface area contributed by atoms with Crippen molar-refractivity contribution in [1.82, 2.24) is 4.98 Å². The molecule has 1 aliphatic carbocycles. The van der Waals surface area contributed by atoms with Crippen LogP contribution in [0.1, 0.15) is 36.6 Å². The Hall–Kier alpha value is -1.68. The number of hydrogen-bond acceptors (Lipinski definition) is 3. The van der Waals surface area contributed by atoms with Crippen LogP contribution in [0.5, 0.6) is 0 Å². The van der Waals surface area contributed by atoms with Gasteiger partial charge in [-0.2, -0.15) is 0 Å². The van der Waals surface area contributed by atoms with Crippen LogP contribution in [0.3, 0.4) is 0 Å². The molecule has 1 N–H and O–H groups in total. The number of carbonyl (C=O) groups is 1. The van der Waals surface area contributed by atoms with Crippen molar-refractivity contribution in [2.45, 2.75) is 32.6 Å². The Morgan fingerprint density at radius 2 is 2.26 bits per heavy atom. The van der Waals surface area contributed by atoms with E-state index in [1.54, 1.807) is 11.3 Å². The van der Waals surface area contributed by atoms with E-state index in [1.807, 2.05) is 6.07 Å². The van der Waals surface area contributed by atoms with Crippen molar-refractivity contribution >= 4 is 22.4 Å². The van der Waals surface area contributed by atoms with Crippen LogP contribution in [0.25, 0.3) is 11.3 Å². The molecule has 2 aromatic rings. The molecular formula is C15H16N2OS. The number of unbranched alkanes of at least 4 members (excludes halogenated alkanes) is 1. The molecule has 1 aliphatic rings. The molecule has 0 bridgehead atoms. The zero-order valence-corrected chi connectivity index (χ0v) is 11.7. The highest BCUT2D eigenvalue weighted by molar-refractivity contribution is 7.16. The van der Waals surface area contributed by atoms with Crippen LogP contribution in [0.4, 0.5) is 5.13 Å². The van der Waals surface area contributed by atoms with E-state index in [2.05, 4.69) is 35.4 Å². The van der Waals surface area contributed by atoms with E-state index in [4.69, 9.17) is 0 Å². The molecule has 1 aromatic carbocycles. The van der Waals surface area contributed by atoms with Crippen LogP contribution in [0.15, 0.2) is 24.3 Å². The van der Waals surface area contributed by atoms with Crippen LogP contribution in [-0.2, 0) is 11.2 Å². The van der Waals surface area contributed by atoms with Gasteiger partial charge < -0.3 is 5.32 Å². The normalized spacial score (nSPS) is 12.1. The summed E-state index contributed by atoms with van der Waals surface area (Å²) in [6.45, 7) is 2.09. The zero-order chi connectivity index (χ0) is 13.2. The number of hydrogen-bond donors (Lipinski definition) is 1. The Morgan fingerprint density at radius 3 is 3.11 bits per heavy atom. The van der Waals surface area contributed by atoms with Gasteiger partial charge in [-0.1, -0.05) is 37.6 Å². The molecule has 3 rings (SSSR count). The highest BCUT2D eigenvalue weighted by atomic mass is 32.1. The van der Waals surface area contributed by atoms with Crippen molar-refractivity contribution in [2.75, 3.05) is 5.32 Å². The lowest BCUT2D eigenvalue weighted by Crippen LogP contribution is -2.10. The second-order valence-corrected chi connectivity index (χ2v) is 5.86. The third kappa shape index (κ3) is 2.40. The summed E-state index contributed by atoms with van der Waals surface area (Å²) in [6, 6.07) is 8.34. The number of thiazole rings is 1. The maximum atomic E-state index is 11.7. The summed E-state index contributed by atoms with van der Waals surface area (Å²) < 4.78 is 0. The first-order valence-electron chi connectivity index (χ1n) is 6.65. The highest BCUT2D eigenvalue weighted by Crippen LogP contribution is 2.40. The molecule has 0 unspecified atom stereocenters. The smallest absolute Gasteiger partial charge is 0.226 e. The first-order chi connectivity index (χ1) is 9.28. The molecular weight excluding hydrogens is 256 g/mol. The van der Waals surface area contributed by atoms with Crippen molar-refractivity contribution in [2.24, 2.45) is 0 Å². The quantitative estimate of drug-likeness (QED) is 0.784. The van der Waals surface area contributed by atoms with E-state index >= 15 is 0 Å². The van der Waals surface area contributed by atoms with Gasteiger partial charge in [0, 0.05) is 23.3 Å². The van der Waals surface area contributed by atoms with Crippen molar-refractivity contribution in [3.05, 3.63) is 34.7 Å². The third-order valence-corrected chi connectivity index (χ3v) is 4.30. The summed E-state index contributed by atoms with van der Waals surface area (Å²) in [6.07, 6.45) is 3.49. The summed E-state index contributed by atoms with van der Waals surface area (Å²) in [5.74, 6) is 0.0718. The largest absolute Gasteiger partial charge is 0.302 e. The van der Waals surface area contributed by atoms with Crippen molar-refractivity contribution in [3.8, 4) is 11.3 Å². The van der Waals surface area contributed by atoms with Gasteiger partial charge in [-0.3, -0.25) is 4.79 Å². The lowest BCUT2D eigenvalue weighted by Gasteiger charge is -2.01. The lowest BCUT2D eigenvalue weighted by molar-refractivity contribution is -0.116. The fourth-order valence-electron chi connectivity index (χ4n) is 2.33. The molecule has 4 heteroatoms. The van der Waals surface area contributed by atoms with E-state index in [0.29, 0.717) is 6.42 Å². The first kappa shape index (κ1) is 12.4. The predicted molar refractivity (Wildman–Crippen MR) is 78.5 cm³/mol.